The number of carbonyl (C=O) groups is 1. The molecule has 9 heteroatoms. The molecule has 3 aromatic carbocycles. The molecule has 4 aromatic rings. The van der Waals surface area contributed by atoms with E-state index in [1.165, 1.54) is 12.1 Å². The summed E-state index contributed by atoms with van der Waals surface area (Å²) < 4.78 is 46.5. The van der Waals surface area contributed by atoms with Gasteiger partial charge < -0.3 is 9.84 Å². The number of fused-ring (bicyclic) bond motifs is 1. The van der Waals surface area contributed by atoms with Crippen molar-refractivity contribution in [3.8, 4) is 11.4 Å². The minimum atomic E-state index is -4.38. The average Bonchev–Trinajstić information content (AvgIpc) is 3.20. The second-order valence-electron chi connectivity index (χ2n) is 7.45. The van der Waals surface area contributed by atoms with Crippen LogP contribution in [0.1, 0.15) is 23.1 Å². The van der Waals surface area contributed by atoms with Gasteiger partial charge in [0, 0.05) is 22.5 Å². The Labute approximate surface area is 195 Å². The molecule has 0 bridgehead atoms. The van der Waals surface area contributed by atoms with E-state index in [1.807, 2.05) is 24.3 Å². The number of nitrogens with zero attached hydrogens (tertiary/aromatic N) is 2. The van der Waals surface area contributed by atoms with Crippen molar-refractivity contribution in [3.05, 3.63) is 88.0 Å². The molecule has 170 valence electrons. The zero-order valence-corrected chi connectivity index (χ0v) is 18.7. The number of aliphatic carboxylic acids is 1. The average molecular weight is 519 g/mol. The third-order valence-electron chi connectivity index (χ3n) is 5.07. The maximum atomic E-state index is 12.8. The highest BCUT2D eigenvalue weighted by molar-refractivity contribution is 9.10. The molecule has 33 heavy (non-hydrogen) atoms. The van der Waals surface area contributed by atoms with E-state index in [1.54, 1.807) is 23.0 Å². The fraction of sp³-hybridized carbons (Fsp3) is 0.167. The number of alkyl halides is 3. The Kier molecular flexibility index (Phi) is 6.42. The van der Waals surface area contributed by atoms with Gasteiger partial charge in [-0.25, -0.2) is 4.68 Å². The van der Waals surface area contributed by atoms with Gasteiger partial charge in [0.1, 0.15) is 12.4 Å². The van der Waals surface area contributed by atoms with Gasteiger partial charge in [0.2, 0.25) is 0 Å². The number of aromatic nitrogens is 2. The van der Waals surface area contributed by atoms with Crippen LogP contribution in [0, 0.1) is 0 Å². The molecule has 0 spiro atoms. The van der Waals surface area contributed by atoms with Crippen LogP contribution in [0.15, 0.2) is 71.3 Å². The molecule has 0 unspecified atom stereocenters. The lowest BCUT2D eigenvalue weighted by molar-refractivity contribution is -0.138. The third kappa shape index (κ3) is 5.54. The summed E-state index contributed by atoms with van der Waals surface area (Å²) in [4.78, 5) is 10.7. The number of carboxylic acids is 1. The monoisotopic (exact) mass is 518 g/mol. The fourth-order valence-corrected chi connectivity index (χ4v) is 3.87. The number of aryl methyl sites for hydroxylation is 1. The third-order valence-corrected chi connectivity index (χ3v) is 5.81. The summed E-state index contributed by atoms with van der Waals surface area (Å²) in [5.41, 5.74) is 2.29. The Morgan fingerprint density at radius 2 is 1.82 bits per heavy atom. The number of benzene rings is 3. The molecule has 0 saturated heterocycles. The zero-order chi connectivity index (χ0) is 23.6. The lowest BCUT2D eigenvalue weighted by Crippen LogP contribution is -2.05. The van der Waals surface area contributed by atoms with E-state index >= 15 is 0 Å². The maximum absolute atomic E-state index is 12.8. The smallest absolute Gasteiger partial charge is 0.416 e. The Morgan fingerprint density at radius 1 is 1.06 bits per heavy atom. The van der Waals surface area contributed by atoms with E-state index in [0.29, 0.717) is 30.0 Å². The maximum Gasteiger partial charge on any atom is 0.416 e. The van der Waals surface area contributed by atoms with Crippen LogP contribution in [-0.4, -0.2) is 20.9 Å². The number of ether oxygens (including phenoxy) is 1. The number of hydrogen-bond acceptors (Lipinski definition) is 3. The predicted molar refractivity (Wildman–Crippen MR) is 121 cm³/mol. The molecule has 0 aliphatic heterocycles. The minimum Gasteiger partial charge on any atom is -0.489 e. The molecule has 0 saturated carbocycles. The van der Waals surface area contributed by atoms with Crippen LogP contribution < -0.4 is 4.74 Å². The highest BCUT2D eigenvalue weighted by Crippen LogP contribution is 2.30. The van der Waals surface area contributed by atoms with Gasteiger partial charge in [0.15, 0.2) is 0 Å². The summed E-state index contributed by atoms with van der Waals surface area (Å²) >= 11 is 3.45. The van der Waals surface area contributed by atoms with Gasteiger partial charge in [0.25, 0.3) is 0 Å². The molecule has 1 heterocycles. The first-order valence-corrected chi connectivity index (χ1v) is 10.8. The van der Waals surface area contributed by atoms with Crippen LogP contribution in [0.2, 0.25) is 0 Å². The summed E-state index contributed by atoms with van der Waals surface area (Å²) in [6, 6.07) is 15.9. The topological polar surface area (TPSA) is 64.3 Å². The quantitative estimate of drug-likeness (QED) is 0.307. The number of halogens is 4. The van der Waals surface area contributed by atoms with Gasteiger partial charge in [-0.15, -0.1) is 0 Å². The number of hydrogen-bond donors (Lipinski definition) is 1. The standard InChI is InChI=1S/C24H18BrF3N2O3/c25-21-12-20(9-3-16(21)4-10-23(31)32)33-14-15-1-2-17-13-30(29-22(17)11-15)19-7-5-18(6-8-19)24(26,27)28/h1-3,5-9,11-13H,4,10,14H2,(H,31,32). The largest absolute Gasteiger partial charge is 0.489 e. The van der Waals surface area contributed by atoms with Gasteiger partial charge >= 0.3 is 12.1 Å². The van der Waals surface area contributed by atoms with Crippen molar-refractivity contribution in [2.24, 2.45) is 0 Å². The predicted octanol–water partition coefficient (Wildman–Crippen LogP) is 6.40. The highest BCUT2D eigenvalue weighted by Gasteiger charge is 2.30. The number of rotatable bonds is 7. The van der Waals surface area contributed by atoms with E-state index < -0.39 is 17.7 Å². The van der Waals surface area contributed by atoms with Crippen LogP contribution in [-0.2, 0) is 24.0 Å². The summed E-state index contributed by atoms with van der Waals surface area (Å²) in [5, 5.41) is 14.2. The summed E-state index contributed by atoms with van der Waals surface area (Å²) in [7, 11) is 0. The van der Waals surface area contributed by atoms with E-state index in [-0.39, 0.29) is 6.42 Å². The molecule has 0 aliphatic carbocycles. The normalized spacial score (nSPS) is 11.6. The molecule has 0 aliphatic rings. The Bertz CT molecular complexity index is 1300. The Hall–Kier alpha value is -3.33. The van der Waals surface area contributed by atoms with Crippen molar-refractivity contribution in [1.29, 1.82) is 0 Å². The summed E-state index contributed by atoms with van der Waals surface area (Å²) in [6.45, 7) is 0.296. The van der Waals surface area contributed by atoms with Crippen molar-refractivity contribution in [2.45, 2.75) is 25.6 Å². The molecule has 0 radical (unpaired) electrons. The van der Waals surface area contributed by atoms with Gasteiger partial charge in [-0.3, -0.25) is 4.79 Å². The molecule has 0 amide bonds. The van der Waals surface area contributed by atoms with Gasteiger partial charge in [-0.2, -0.15) is 18.3 Å². The van der Waals surface area contributed by atoms with Crippen molar-refractivity contribution in [1.82, 2.24) is 9.78 Å². The van der Waals surface area contributed by atoms with Crippen LogP contribution in [0.5, 0.6) is 5.75 Å². The molecular formula is C24H18BrF3N2O3. The second kappa shape index (κ2) is 9.27. The lowest BCUT2D eigenvalue weighted by atomic mass is 10.1. The van der Waals surface area contributed by atoms with Crippen LogP contribution in [0.4, 0.5) is 13.2 Å². The molecule has 0 atom stereocenters. The van der Waals surface area contributed by atoms with Gasteiger partial charge in [0.05, 0.1) is 16.8 Å². The van der Waals surface area contributed by atoms with E-state index in [2.05, 4.69) is 21.0 Å². The van der Waals surface area contributed by atoms with E-state index in [4.69, 9.17) is 9.84 Å². The zero-order valence-electron chi connectivity index (χ0n) is 17.1. The van der Waals surface area contributed by atoms with Gasteiger partial charge in [-0.1, -0.05) is 34.1 Å². The van der Waals surface area contributed by atoms with E-state index in [0.717, 1.165) is 33.1 Å². The van der Waals surface area contributed by atoms with Crippen molar-refractivity contribution in [2.75, 3.05) is 0 Å². The van der Waals surface area contributed by atoms with Crippen LogP contribution >= 0.6 is 15.9 Å². The minimum absolute atomic E-state index is 0.0535. The van der Waals surface area contributed by atoms with E-state index in [9.17, 15) is 18.0 Å². The molecular weight excluding hydrogens is 501 g/mol. The SMILES string of the molecule is O=C(O)CCc1ccc(OCc2ccc3cn(-c4ccc(C(F)(F)F)cc4)nc3c2)cc1Br. The molecule has 1 aromatic heterocycles. The Morgan fingerprint density at radius 3 is 2.48 bits per heavy atom. The lowest BCUT2D eigenvalue weighted by Gasteiger charge is -2.09. The molecule has 5 nitrogen and oxygen atoms in total. The summed E-state index contributed by atoms with van der Waals surface area (Å²) in [6.07, 6.45) is -2.14. The van der Waals surface area contributed by atoms with Crippen molar-refractivity contribution < 1.29 is 27.8 Å². The first kappa shape index (κ1) is 22.8. The van der Waals surface area contributed by atoms with Crippen LogP contribution in [0.3, 0.4) is 0 Å². The highest BCUT2D eigenvalue weighted by atomic mass is 79.9. The number of carboxylic acid groups (broad SMARTS) is 1. The molecule has 0 fully saturated rings. The van der Waals surface area contributed by atoms with Crippen LogP contribution in [0.25, 0.3) is 16.6 Å². The Balaban J connectivity index is 1.45. The van der Waals surface area contributed by atoms with Crippen molar-refractivity contribution in [3.63, 3.8) is 0 Å². The molecule has 4 rings (SSSR count). The fourth-order valence-electron chi connectivity index (χ4n) is 3.32. The first-order valence-electron chi connectivity index (χ1n) is 9.98. The van der Waals surface area contributed by atoms with Gasteiger partial charge in [-0.05, 0) is 60.0 Å². The first-order chi connectivity index (χ1) is 15.7. The molecule has 1 N–H and O–H groups in total. The van der Waals surface area contributed by atoms with Crippen molar-refractivity contribution >= 4 is 32.8 Å². The summed E-state index contributed by atoms with van der Waals surface area (Å²) in [5.74, 6) is -0.213. The second-order valence-corrected chi connectivity index (χ2v) is 8.30.